The molecule has 18 heavy (non-hydrogen) atoms. The number of hydrogen-bond acceptors (Lipinski definition) is 4. The monoisotopic (exact) mass is 267 g/mol. The highest BCUT2D eigenvalue weighted by molar-refractivity contribution is 6.30. The van der Waals surface area contributed by atoms with Gasteiger partial charge in [-0.25, -0.2) is 4.39 Å². The predicted molar refractivity (Wildman–Crippen MR) is 62.4 cm³/mol. The van der Waals surface area contributed by atoms with Gasteiger partial charge in [0, 0.05) is 16.7 Å². The number of nitrogens with two attached hydrogens (primary N) is 1. The fourth-order valence-corrected chi connectivity index (χ4v) is 1.60. The Hall–Kier alpha value is -2.28. The highest BCUT2D eigenvalue weighted by Crippen LogP contribution is 2.23. The number of carbonyl (C=O) groups is 1. The van der Waals surface area contributed by atoms with Gasteiger partial charge >= 0.3 is 0 Å². The minimum atomic E-state index is -0.655. The molecule has 2 N–H and O–H groups in total. The molecule has 1 aromatic heterocycles. The molecule has 1 amide bonds. The van der Waals surface area contributed by atoms with E-state index in [1.807, 2.05) is 0 Å². The third-order valence-corrected chi connectivity index (χ3v) is 2.28. The highest BCUT2D eigenvalue weighted by atomic mass is 35.5. The minimum absolute atomic E-state index is 0.0851. The molecule has 1 aromatic carbocycles. The van der Waals surface area contributed by atoms with Crippen molar-refractivity contribution in [1.82, 2.24) is 20.2 Å². The number of benzene rings is 1. The lowest BCUT2D eigenvalue weighted by Crippen LogP contribution is -2.06. The lowest BCUT2D eigenvalue weighted by molar-refractivity contribution is -0.113. The Morgan fingerprint density at radius 1 is 1.50 bits per heavy atom. The summed E-state index contributed by atoms with van der Waals surface area (Å²) < 4.78 is 15.0. The summed E-state index contributed by atoms with van der Waals surface area (Å²) in [5.74, 6) is -1.27. The van der Waals surface area contributed by atoms with Gasteiger partial charge in [-0.3, -0.25) is 4.79 Å². The summed E-state index contributed by atoms with van der Waals surface area (Å²) in [5.41, 5.74) is 5.41. The molecule has 2 rings (SSSR count). The molecule has 0 unspecified atom stereocenters. The normalized spacial score (nSPS) is 11.0. The molecular formula is C10H7ClFN5O. The van der Waals surface area contributed by atoms with Crippen molar-refractivity contribution in [3.05, 3.63) is 40.9 Å². The maximum Gasteiger partial charge on any atom is 0.241 e. The van der Waals surface area contributed by atoms with Crippen molar-refractivity contribution in [2.45, 2.75) is 0 Å². The number of halogens is 2. The molecule has 8 heteroatoms. The zero-order valence-corrected chi connectivity index (χ0v) is 9.67. The van der Waals surface area contributed by atoms with Gasteiger partial charge < -0.3 is 5.73 Å². The number of carbonyl (C=O) groups excluding carboxylic acids is 1. The highest BCUT2D eigenvalue weighted by Gasteiger charge is 2.12. The second-order valence-corrected chi connectivity index (χ2v) is 3.75. The van der Waals surface area contributed by atoms with Crippen molar-refractivity contribution in [2.75, 3.05) is 0 Å². The number of hydrogen-bond donors (Lipinski definition) is 1. The third-order valence-electron chi connectivity index (χ3n) is 2.06. The molecule has 0 spiro atoms. The molecule has 0 saturated heterocycles. The average molecular weight is 268 g/mol. The van der Waals surface area contributed by atoms with Crippen LogP contribution in [0.3, 0.4) is 0 Å². The van der Waals surface area contributed by atoms with Crippen molar-refractivity contribution in [1.29, 1.82) is 0 Å². The van der Waals surface area contributed by atoms with Crippen LogP contribution in [0.25, 0.3) is 11.8 Å². The molecule has 0 aliphatic rings. The molecule has 0 bridgehead atoms. The smallest absolute Gasteiger partial charge is 0.241 e. The van der Waals surface area contributed by atoms with E-state index in [1.165, 1.54) is 18.5 Å². The summed E-state index contributed by atoms with van der Waals surface area (Å²) in [4.78, 5) is 10.7. The zero-order chi connectivity index (χ0) is 13.1. The molecular weight excluding hydrogens is 261 g/mol. The molecule has 0 radical (unpaired) electrons. The fraction of sp³-hybridized carbons (Fsp3) is 0. The first-order valence-corrected chi connectivity index (χ1v) is 5.15. The number of aromatic nitrogens is 4. The maximum atomic E-state index is 13.8. The predicted octanol–water partition coefficient (Wildman–Crippen LogP) is 0.953. The Balaban J connectivity index is 2.59. The summed E-state index contributed by atoms with van der Waals surface area (Å²) >= 11 is 5.75. The van der Waals surface area contributed by atoms with Crippen LogP contribution in [-0.2, 0) is 4.79 Å². The molecule has 0 aliphatic carbocycles. The minimum Gasteiger partial charge on any atom is -0.366 e. The van der Waals surface area contributed by atoms with Gasteiger partial charge in [0.1, 0.15) is 12.0 Å². The summed E-state index contributed by atoms with van der Waals surface area (Å²) in [6, 6.07) is 2.60. The van der Waals surface area contributed by atoms with E-state index in [0.717, 1.165) is 16.8 Å². The van der Waals surface area contributed by atoms with Crippen LogP contribution in [0.15, 0.2) is 24.5 Å². The van der Waals surface area contributed by atoms with Gasteiger partial charge in [0.2, 0.25) is 5.91 Å². The van der Waals surface area contributed by atoms with Crippen LogP contribution in [0.4, 0.5) is 4.39 Å². The number of rotatable bonds is 3. The van der Waals surface area contributed by atoms with E-state index in [4.69, 9.17) is 17.3 Å². The van der Waals surface area contributed by atoms with E-state index in [9.17, 15) is 9.18 Å². The summed E-state index contributed by atoms with van der Waals surface area (Å²) in [6.07, 6.45) is 3.67. The number of primary amides is 1. The van der Waals surface area contributed by atoms with Crippen LogP contribution in [0.2, 0.25) is 5.02 Å². The summed E-state index contributed by atoms with van der Waals surface area (Å²) in [7, 11) is 0. The van der Waals surface area contributed by atoms with Gasteiger partial charge in [0.05, 0.1) is 0 Å². The van der Waals surface area contributed by atoms with Crippen molar-refractivity contribution < 1.29 is 9.18 Å². The molecule has 0 atom stereocenters. The van der Waals surface area contributed by atoms with Crippen molar-refractivity contribution in [2.24, 2.45) is 5.73 Å². The molecule has 92 valence electrons. The molecule has 6 nitrogen and oxygen atoms in total. The van der Waals surface area contributed by atoms with Gasteiger partial charge in [-0.2, -0.15) is 4.68 Å². The van der Waals surface area contributed by atoms with E-state index >= 15 is 0 Å². The standard InChI is InChI=1S/C10H7ClFN5O/c11-7-3-6(1-2-9(13)18)10(8(12)4-7)17-5-14-15-16-17/h1-5H,(H2,13,18). The number of tetrazole rings is 1. The first-order valence-electron chi connectivity index (χ1n) is 4.78. The van der Waals surface area contributed by atoms with Crippen LogP contribution in [0, 0.1) is 5.82 Å². The third kappa shape index (κ3) is 2.51. The molecule has 0 saturated carbocycles. The van der Waals surface area contributed by atoms with E-state index in [2.05, 4.69) is 15.5 Å². The average Bonchev–Trinajstić information content (AvgIpc) is 2.78. The number of amides is 1. The molecule has 0 fully saturated rings. The SMILES string of the molecule is NC(=O)C=Cc1cc(Cl)cc(F)c1-n1cnnn1. The first kappa shape index (κ1) is 12.2. The fourth-order valence-electron chi connectivity index (χ4n) is 1.39. The van der Waals surface area contributed by atoms with Gasteiger partial charge in [0.15, 0.2) is 5.82 Å². The van der Waals surface area contributed by atoms with Crippen LogP contribution in [0.1, 0.15) is 5.56 Å². The molecule has 0 aliphatic heterocycles. The number of nitrogens with zero attached hydrogens (tertiary/aromatic N) is 4. The van der Waals surface area contributed by atoms with Crippen LogP contribution >= 0.6 is 11.6 Å². The van der Waals surface area contributed by atoms with Crippen LogP contribution in [-0.4, -0.2) is 26.1 Å². The van der Waals surface area contributed by atoms with Crippen LogP contribution in [0.5, 0.6) is 0 Å². The lowest BCUT2D eigenvalue weighted by atomic mass is 10.1. The van der Waals surface area contributed by atoms with Crippen molar-refractivity contribution >= 4 is 23.6 Å². The van der Waals surface area contributed by atoms with E-state index in [1.54, 1.807) is 0 Å². The summed E-state index contributed by atoms with van der Waals surface area (Å²) in [5, 5.41) is 10.6. The first-order chi connectivity index (χ1) is 8.58. The Labute approximate surface area is 106 Å². The Morgan fingerprint density at radius 2 is 2.28 bits per heavy atom. The topological polar surface area (TPSA) is 86.7 Å². The zero-order valence-electron chi connectivity index (χ0n) is 8.92. The molecule has 1 heterocycles. The summed E-state index contributed by atoms with van der Waals surface area (Å²) in [6.45, 7) is 0. The maximum absolute atomic E-state index is 13.8. The second-order valence-electron chi connectivity index (χ2n) is 3.32. The van der Waals surface area contributed by atoms with Crippen molar-refractivity contribution in [3.63, 3.8) is 0 Å². The Morgan fingerprint density at radius 3 is 2.89 bits per heavy atom. The quantitative estimate of drug-likeness (QED) is 0.839. The van der Waals surface area contributed by atoms with Crippen LogP contribution < -0.4 is 5.73 Å². The Kier molecular flexibility index (Phi) is 3.33. The lowest BCUT2D eigenvalue weighted by Gasteiger charge is -2.06. The van der Waals surface area contributed by atoms with E-state index in [-0.39, 0.29) is 10.7 Å². The molecule has 2 aromatic rings. The second kappa shape index (κ2) is 4.92. The van der Waals surface area contributed by atoms with E-state index in [0.29, 0.717) is 5.56 Å². The Bertz CT molecular complexity index is 611. The van der Waals surface area contributed by atoms with Crippen molar-refractivity contribution in [3.8, 4) is 5.69 Å². The van der Waals surface area contributed by atoms with Gasteiger partial charge in [-0.15, -0.1) is 5.10 Å². The van der Waals surface area contributed by atoms with Gasteiger partial charge in [0.25, 0.3) is 0 Å². The van der Waals surface area contributed by atoms with Gasteiger partial charge in [-0.1, -0.05) is 11.6 Å². The van der Waals surface area contributed by atoms with Gasteiger partial charge in [-0.05, 0) is 28.6 Å². The largest absolute Gasteiger partial charge is 0.366 e. The van der Waals surface area contributed by atoms with E-state index < -0.39 is 11.7 Å².